The third kappa shape index (κ3) is 5.42. The molecule has 0 aromatic heterocycles. The molecule has 0 unspecified atom stereocenters. The van der Waals surface area contributed by atoms with Gasteiger partial charge in [0.1, 0.15) is 12.3 Å². The third-order valence-electron chi connectivity index (χ3n) is 2.56. The van der Waals surface area contributed by atoms with Crippen molar-refractivity contribution < 1.29 is 19.8 Å². The van der Waals surface area contributed by atoms with Crippen molar-refractivity contribution in [2.45, 2.75) is 20.3 Å². The van der Waals surface area contributed by atoms with E-state index in [4.69, 9.17) is 10.2 Å². The fourth-order valence-corrected chi connectivity index (χ4v) is 1.76. The van der Waals surface area contributed by atoms with E-state index < -0.39 is 5.97 Å². The minimum Gasteiger partial charge on any atom is -0.508 e. The van der Waals surface area contributed by atoms with Gasteiger partial charge in [0.2, 0.25) is 5.91 Å². The van der Waals surface area contributed by atoms with E-state index in [-0.39, 0.29) is 30.5 Å². The molecule has 104 valence electrons. The molecule has 0 saturated carbocycles. The molecule has 0 saturated heterocycles. The highest BCUT2D eigenvalue weighted by atomic mass is 16.4. The van der Waals surface area contributed by atoms with Crippen LogP contribution in [0.15, 0.2) is 24.3 Å². The molecular formula is C14H19NO4. The predicted octanol–water partition coefficient (Wildman–Crippen LogP) is 1.50. The van der Waals surface area contributed by atoms with Gasteiger partial charge in [0.15, 0.2) is 0 Å². The number of hydrogen-bond acceptors (Lipinski definition) is 3. The van der Waals surface area contributed by atoms with E-state index in [1.54, 1.807) is 12.1 Å². The summed E-state index contributed by atoms with van der Waals surface area (Å²) in [5, 5.41) is 18.0. The molecule has 0 fully saturated rings. The average Bonchev–Trinajstić information content (AvgIpc) is 2.30. The number of benzene rings is 1. The van der Waals surface area contributed by atoms with E-state index in [0.29, 0.717) is 6.54 Å². The maximum absolute atomic E-state index is 12.1. The van der Waals surface area contributed by atoms with Gasteiger partial charge in [-0.2, -0.15) is 0 Å². The lowest BCUT2D eigenvalue weighted by Gasteiger charge is -2.22. The van der Waals surface area contributed by atoms with Gasteiger partial charge < -0.3 is 15.1 Å². The van der Waals surface area contributed by atoms with Crippen LogP contribution in [0.1, 0.15) is 19.4 Å². The molecule has 0 heterocycles. The first-order valence-corrected chi connectivity index (χ1v) is 6.16. The molecule has 0 aliphatic rings. The standard InChI is InChI=1S/C14H19NO4/c1-10(2)8-15(9-14(18)19)13(17)7-11-3-5-12(16)6-4-11/h3-6,10,16H,7-9H2,1-2H3,(H,18,19). The van der Waals surface area contributed by atoms with Crippen LogP contribution in [0, 0.1) is 5.92 Å². The molecule has 0 atom stereocenters. The number of phenols is 1. The lowest BCUT2D eigenvalue weighted by Crippen LogP contribution is -2.39. The topological polar surface area (TPSA) is 77.8 Å². The SMILES string of the molecule is CC(C)CN(CC(=O)O)C(=O)Cc1ccc(O)cc1. The molecule has 0 bridgehead atoms. The highest BCUT2D eigenvalue weighted by Gasteiger charge is 2.18. The van der Waals surface area contributed by atoms with Gasteiger partial charge in [0.25, 0.3) is 0 Å². The van der Waals surface area contributed by atoms with Crippen LogP contribution in [0.2, 0.25) is 0 Å². The van der Waals surface area contributed by atoms with Crippen molar-refractivity contribution in [1.29, 1.82) is 0 Å². The average molecular weight is 265 g/mol. The van der Waals surface area contributed by atoms with Crippen molar-refractivity contribution in [3.63, 3.8) is 0 Å². The smallest absolute Gasteiger partial charge is 0.323 e. The lowest BCUT2D eigenvalue weighted by atomic mass is 10.1. The maximum atomic E-state index is 12.1. The van der Waals surface area contributed by atoms with Gasteiger partial charge in [-0.25, -0.2) is 0 Å². The second-order valence-electron chi connectivity index (χ2n) is 4.91. The Morgan fingerprint density at radius 2 is 1.79 bits per heavy atom. The van der Waals surface area contributed by atoms with Gasteiger partial charge in [0.05, 0.1) is 6.42 Å². The Labute approximate surface area is 112 Å². The number of nitrogens with zero attached hydrogens (tertiary/aromatic N) is 1. The lowest BCUT2D eigenvalue weighted by molar-refractivity contribution is -0.144. The molecule has 0 aliphatic heterocycles. The molecule has 0 radical (unpaired) electrons. The number of hydrogen-bond donors (Lipinski definition) is 2. The molecular weight excluding hydrogens is 246 g/mol. The summed E-state index contributed by atoms with van der Waals surface area (Å²) in [5.74, 6) is -0.884. The zero-order valence-corrected chi connectivity index (χ0v) is 11.2. The number of aliphatic carboxylic acids is 1. The summed E-state index contributed by atoms with van der Waals surface area (Å²) in [6, 6.07) is 6.32. The van der Waals surface area contributed by atoms with Crippen LogP contribution >= 0.6 is 0 Å². The summed E-state index contributed by atoms with van der Waals surface area (Å²) < 4.78 is 0. The van der Waals surface area contributed by atoms with E-state index in [9.17, 15) is 9.59 Å². The van der Waals surface area contributed by atoms with E-state index in [0.717, 1.165) is 5.56 Å². The van der Waals surface area contributed by atoms with Gasteiger partial charge >= 0.3 is 5.97 Å². The Morgan fingerprint density at radius 3 is 2.26 bits per heavy atom. The number of carboxylic acids is 1. The Morgan fingerprint density at radius 1 is 1.21 bits per heavy atom. The van der Waals surface area contributed by atoms with Crippen LogP contribution < -0.4 is 0 Å². The fraction of sp³-hybridized carbons (Fsp3) is 0.429. The highest BCUT2D eigenvalue weighted by molar-refractivity contribution is 5.83. The van der Waals surface area contributed by atoms with Crippen molar-refractivity contribution >= 4 is 11.9 Å². The molecule has 2 N–H and O–H groups in total. The molecule has 1 aromatic rings. The van der Waals surface area contributed by atoms with Crippen LogP contribution in [0.25, 0.3) is 0 Å². The number of carboxylic acid groups (broad SMARTS) is 1. The summed E-state index contributed by atoms with van der Waals surface area (Å²) in [6.07, 6.45) is 0.139. The van der Waals surface area contributed by atoms with Crippen molar-refractivity contribution in [2.75, 3.05) is 13.1 Å². The molecule has 0 aliphatic carbocycles. The summed E-state index contributed by atoms with van der Waals surface area (Å²) in [5.41, 5.74) is 0.752. The summed E-state index contributed by atoms with van der Waals surface area (Å²) in [4.78, 5) is 24.2. The second-order valence-corrected chi connectivity index (χ2v) is 4.91. The molecule has 1 aromatic carbocycles. The van der Waals surface area contributed by atoms with Gasteiger partial charge in [-0.1, -0.05) is 26.0 Å². The van der Waals surface area contributed by atoms with Crippen LogP contribution in [-0.4, -0.2) is 40.1 Å². The van der Waals surface area contributed by atoms with E-state index in [1.165, 1.54) is 17.0 Å². The minimum atomic E-state index is -1.01. The predicted molar refractivity (Wildman–Crippen MR) is 70.9 cm³/mol. The molecule has 5 heteroatoms. The first-order chi connectivity index (χ1) is 8.88. The second kappa shape index (κ2) is 6.78. The van der Waals surface area contributed by atoms with Crippen molar-refractivity contribution in [2.24, 2.45) is 5.92 Å². The van der Waals surface area contributed by atoms with Gasteiger partial charge in [-0.05, 0) is 23.6 Å². The van der Waals surface area contributed by atoms with E-state index in [1.807, 2.05) is 13.8 Å². The molecule has 1 rings (SSSR count). The number of rotatable bonds is 6. The summed E-state index contributed by atoms with van der Waals surface area (Å²) >= 11 is 0. The van der Waals surface area contributed by atoms with Crippen LogP contribution in [-0.2, 0) is 16.0 Å². The maximum Gasteiger partial charge on any atom is 0.323 e. The number of amides is 1. The van der Waals surface area contributed by atoms with Crippen molar-refractivity contribution in [1.82, 2.24) is 4.90 Å². The Balaban J connectivity index is 2.70. The van der Waals surface area contributed by atoms with Crippen LogP contribution in [0.3, 0.4) is 0 Å². The minimum absolute atomic E-state index is 0.139. The number of carbonyl (C=O) groups is 2. The Bertz CT molecular complexity index is 439. The number of carbonyl (C=O) groups excluding carboxylic acids is 1. The Kier molecular flexibility index (Phi) is 5.36. The normalized spacial score (nSPS) is 10.5. The zero-order chi connectivity index (χ0) is 14.4. The Hall–Kier alpha value is -2.04. The molecule has 19 heavy (non-hydrogen) atoms. The van der Waals surface area contributed by atoms with Crippen LogP contribution in [0.4, 0.5) is 0 Å². The quantitative estimate of drug-likeness (QED) is 0.817. The van der Waals surface area contributed by atoms with E-state index >= 15 is 0 Å². The molecule has 0 spiro atoms. The fourth-order valence-electron chi connectivity index (χ4n) is 1.76. The highest BCUT2D eigenvalue weighted by Crippen LogP contribution is 2.11. The number of phenolic OH excluding ortho intramolecular Hbond substituents is 1. The van der Waals surface area contributed by atoms with Crippen molar-refractivity contribution in [3.8, 4) is 5.75 Å². The van der Waals surface area contributed by atoms with E-state index in [2.05, 4.69) is 0 Å². The molecule has 1 amide bonds. The monoisotopic (exact) mass is 265 g/mol. The number of aromatic hydroxyl groups is 1. The van der Waals surface area contributed by atoms with Gasteiger partial charge in [0, 0.05) is 6.54 Å². The van der Waals surface area contributed by atoms with Gasteiger partial charge in [-0.3, -0.25) is 9.59 Å². The van der Waals surface area contributed by atoms with Gasteiger partial charge in [-0.15, -0.1) is 0 Å². The van der Waals surface area contributed by atoms with Crippen molar-refractivity contribution in [3.05, 3.63) is 29.8 Å². The zero-order valence-electron chi connectivity index (χ0n) is 11.2. The summed E-state index contributed by atoms with van der Waals surface area (Å²) in [6.45, 7) is 4.00. The first-order valence-electron chi connectivity index (χ1n) is 6.16. The first kappa shape index (κ1) is 15.0. The van der Waals surface area contributed by atoms with Crippen LogP contribution in [0.5, 0.6) is 5.75 Å². The molecule has 5 nitrogen and oxygen atoms in total. The summed E-state index contributed by atoms with van der Waals surface area (Å²) in [7, 11) is 0. The largest absolute Gasteiger partial charge is 0.508 e. The third-order valence-corrected chi connectivity index (χ3v) is 2.56.